The Hall–Kier alpha value is -2.33. The van der Waals surface area contributed by atoms with Crippen molar-refractivity contribution in [2.45, 2.75) is 39.1 Å². The van der Waals surface area contributed by atoms with Gasteiger partial charge in [-0.3, -0.25) is 0 Å². The summed E-state index contributed by atoms with van der Waals surface area (Å²) in [4.78, 5) is 12.6. The third-order valence-corrected chi connectivity index (χ3v) is 3.30. The van der Waals surface area contributed by atoms with Crippen LogP contribution in [0.3, 0.4) is 0 Å². The summed E-state index contributed by atoms with van der Waals surface area (Å²) in [7, 11) is 1.60. The largest absolute Gasteiger partial charge is 0.497 e. The minimum absolute atomic E-state index is 0.330. The van der Waals surface area contributed by atoms with Crippen molar-refractivity contribution in [3.05, 3.63) is 65.7 Å². The zero-order valence-electron chi connectivity index (χ0n) is 14.6. The van der Waals surface area contributed by atoms with Gasteiger partial charge in [0.15, 0.2) is 6.10 Å². The van der Waals surface area contributed by atoms with Crippen LogP contribution in [0.5, 0.6) is 5.75 Å². The average Bonchev–Trinajstić information content (AvgIpc) is 2.55. The van der Waals surface area contributed by atoms with Crippen LogP contribution >= 0.6 is 0 Å². The first-order valence-electron chi connectivity index (χ1n) is 7.91. The highest BCUT2D eigenvalue weighted by Crippen LogP contribution is 2.25. The van der Waals surface area contributed by atoms with Crippen molar-refractivity contribution >= 4 is 5.97 Å². The number of methoxy groups -OCH3 is 1. The Bertz CT molecular complexity index is 642. The average molecular weight is 328 g/mol. The van der Waals surface area contributed by atoms with Crippen LogP contribution in [0.1, 0.15) is 38.0 Å². The maximum absolute atomic E-state index is 12.6. The highest BCUT2D eigenvalue weighted by atomic mass is 16.6. The van der Waals surface area contributed by atoms with Gasteiger partial charge in [-0.05, 0) is 44.0 Å². The lowest BCUT2D eigenvalue weighted by Gasteiger charge is -2.24. The Morgan fingerprint density at radius 2 is 1.62 bits per heavy atom. The first-order valence-corrected chi connectivity index (χ1v) is 7.91. The predicted octanol–water partition coefficient (Wildman–Crippen LogP) is 4.29. The number of benzene rings is 2. The van der Waals surface area contributed by atoms with Gasteiger partial charge in [-0.25, -0.2) is 4.79 Å². The number of carbonyl (C=O) groups is 1. The number of hydrogen-bond donors (Lipinski definition) is 0. The fraction of sp³-hybridized carbons (Fsp3) is 0.350. The van der Waals surface area contributed by atoms with Gasteiger partial charge in [0.25, 0.3) is 0 Å². The van der Waals surface area contributed by atoms with Crippen LogP contribution < -0.4 is 4.74 Å². The molecule has 0 spiro atoms. The second kappa shape index (κ2) is 7.97. The summed E-state index contributed by atoms with van der Waals surface area (Å²) in [6.45, 7) is 5.85. The van der Waals surface area contributed by atoms with E-state index in [1.165, 1.54) is 0 Å². The molecule has 4 heteroatoms. The van der Waals surface area contributed by atoms with Gasteiger partial charge in [-0.2, -0.15) is 0 Å². The summed E-state index contributed by atoms with van der Waals surface area (Å²) in [6.07, 6.45) is -0.782. The van der Waals surface area contributed by atoms with Gasteiger partial charge in [-0.15, -0.1) is 0 Å². The van der Waals surface area contributed by atoms with Gasteiger partial charge in [0, 0.05) is 0 Å². The standard InChI is InChI=1S/C20H24O4/c1-20(2,3)24-19(21)18(16-10-12-17(22-4)13-11-16)23-14-15-8-6-5-7-9-15/h5-13,18H,14H2,1-4H3. The maximum Gasteiger partial charge on any atom is 0.340 e. The first-order chi connectivity index (χ1) is 11.4. The second-order valence-corrected chi connectivity index (χ2v) is 6.48. The zero-order valence-corrected chi connectivity index (χ0v) is 14.6. The van der Waals surface area contributed by atoms with Crippen LogP contribution in [0.2, 0.25) is 0 Å². The smallest absolute Gasteiger partial charge is 0.340 e. The number of hydrogen-bond acceptors (Lipinski definition) is 4. The highest BCUT2D eigenvalue weighted by Gasteiger charge is 2.27. The predicted molar refractivity (Wildman–Crippen MR) is 92.8 cm³/mol. The molecule has 1 atom stereocenters. The van der Waals surface area contributed by atoms with Gasteiger partial charge in [0.2, 0.25) is 0 Å². The van der Waals surface area contributed by atoms with Gasteiger partial charge in [0.1, 0.15) is 11.4 Å². The number of ether oxygens (including phenoxy) is 3. The highest BCUT2D eigenvalue weighted by molar-refractivity contribution is 5.77. The maximum atomic E-state index is 12.6. The molecule has 2 aromatic carbocycles. The van der Waals surface area contributed by atoms with Crippen molar-refractivity contribution in [3.8, 4) is 5.75 Å². The van der Waals surface area contributed by atoms with E-state index in [9.17, 15) is 4.79 Å². The molecule has 0 fully saturated rings. The van der Waals surface area contributed by atoms with Gasteiger partial charge in [-0.1, -0.05) is 42.5 Å². The van der Waals surface area contributed by atoms with E-state index < -0.39 is 17.7 Å². The van der Waals surface area contributed by atoms with E-state index in [1.807, 2.05) is 63.2 Å². The lowest BCUT2D eigenvalue weighted by atomic mass is 10.1. The van der Waals surface area contributed by atoms with Crippen molar-refractivity contribution in [2.24, 2.45) is 0 Å². The molecular weight excluding hydrogens is 304 g/mol. The SMILES string of the molecule is COc1ccc(C(OCc2ccccc2)C(=O)OC(C)(C)C)cc1. The molecule has 0 saturated carbocycles. The van der Waals surface area contributed by atoms with Crippen molar-refractivity contribution in [1.29, 1.82) is 0 Å². The number of carbonyl (C=O) groups excluding carboxylic acids is 1. The first kappa shape index (κ1) is 18.0. The zero-order chi connectivity index (χ0) is 17.6. The Balaban J connectivity index is 2.18. The fourth-order valence-electron chi connectivity index (χ4n) is 2.19. The summed E-state index contributed by atoms with van der Waals surface area (Å²) < 4.78 is 16.5. The molecule has 0 heterocycles. The molecule has 0 amide bonds. The summed E-state index contributed by atoms with van der Waals surface area (Å²) in [5, 5.41) is 0. The molecule has 2 rings (SSSR count). The summed E-state index contributed by atoms with van der Waals surface area (Å²) in [5.74, 6) is 0.327. The van der Waals surface area contributed by atoms with E-state index in [2.05, 4.69) is 0 Å². The molecule has 4 nitrogen and oxygen atoms in total. The van der Waals surface area contributed by atoms with E-state index in [1.54, 1.807) is 19.2 Å². The summed E-state index contributed by atoms with van der Waals surface area (Å²) >= 11 is 0. The summed E-state index contributed by atoms with van der Waals surface area (Å²) in [5.41, 5.74) is 1.17. The van der Waals surface area contributed by atoms with Crippen molar-refractivity contribution in [2.75, 3.05) is 7.11 Å². The molecule has 0 radical (unpaired) electrons. The fourth-order valence-corrected chi connectivity index (χ4v) is 2.19. The van der Waals surface area contributed by atoms with Crippen LogP contribution in [0.25, 0.3) is 0 Å². The quantitative estimate of drug-likeness (QED) is 0.742. The van der Waals surface area contributed by atoms with Crippen molar-refractivity contribution < 1.29 is 19.0 Å². The van der Waals surface area contributed by atoms with Gasteiger partial charge >= 0.3 is 5.97 Å². The minimum Gasteiger partial charge on any atom is -0.497 e. The molecule has 0 N–H and O–H groups in total. The van der Waals surface area contributed by atoms with E-state index in [-0.39, 0.29) is 0 Å². The minimum atomic E-state index is -0.782. The van der Waals surface area contributed by atoms with Crippen molar-refractivity contribution in [3.63, 3.8) is 0 Å². The Morgan fingerprint density at radius 1 is 1.00 bits per heavy atom. The molecule has 128 valence electrons. The van der Waals surface area contributed by atoms with E-state index in [0.29, 0.717) is 6.61 Å². The van der Waals surface area contributed by atoms with Crippen LogP contribution in [0.15, 0.2) is 54.6 Å². The number of esters is 1. The topological polar surface area (TPSA) is 44.8 Å². The Kier molecular flexibility index (Phi) is 5.99. The lowest BCUT2D eigenvalue weighted by molar-refractivity contribution is -0.170. The van der Waals surface area contributed by atoms with E-state index in [0.717, 1.165) is 16.9 Å². The molecule has 2 aromatic rings. The lowest BCUT2D eigenvalue weighted by Crippen LogP contribution is -2.29. The third-order valence-electron chi connectivity index (χ3n) is 3.30. The van der Waals surface area contributed by atoms with Crippen LogP contribution in [0, 0.1) is 0 Å². The van der Waals surface area contributed by atoms with Crippen LogP contribution in [0.4, 0.5) is 0 Å². The van der Waals surface area contributed by atoms with E-state index in [4.69, 9.17) is 14.2 Å². The molecule has 0 aromatic heterocycles. The molecule has 1 unspecified atom stereocenters. The molecular formula is C20H24O4. The van der Waals surface area contributed by atoms with Crippen molar-refractivity contribution in [1.82, 2.24) is 0 Å². The monoisotopic (exact) mass is 328 g/mol. The Labute approximate surface area is 143 Å². The molecule has 24 heavy (non-hydrogen) atoms. The molecule has 0 bridgehead atoms. The van der Waals surface area contributed by atoms with Crippen LogP contribution in [-0.4, -0.2) is 18.7 Å². The molecule has 0 aliphatic carbocycles. The third kappa shape index (κ3) is 5.39. The van der Waals surface area contributed by atoms with Gasteiger partial charge in [0.05, 0.1) is 13.7 Å². The molecule has 0 saturated heterocycles. The van der Waals surface area contributed by atoms with Gasteiger partial charge < -0.3 is 14.2 Å². The summed E-state index contributed by atoms with van der Waals surface area (Å²) in [6, 6.07) is 17.0. The molecule has 0 aliphatic heterocycles. The van der Waals surface area contributed by atoms with Crippen LogP contribution in [-0.2, 0) is 20.9 Å². The molecule has 0 aliphatic rings. The number of rotatable bonds is 6. The normalized spacial score (nSPS) is 12.5. The Morgan fingerprint density at radius 3 is 2.17 bits per heavy atom. The van der Waals surface area contributed by atoms with E-state index >= 15 is 0 Å². The second-order valence-electron chi connectivity index (χ2n) is 6.48.